The van der Waals surface area contributed by atoms with Crippen LogP contribution in [0.3, 0.4) is 0 Å². The molecule has 256 valence electrons. The molecule has 0 unspecified atom stereocenters. The Morgan fingerprint density at radius 3 is 1.85 bits per heavy atom. The standard InChI is InChI=1S/C31H37Cl2N2O10PS/c1-30(2,3)28(37)42-18-44-46(39,45-19-43-29(38)31(4,5)6)17-35(47(40,41)24-15-21(32)14-22(33)16-24)23-11-12-25-20(13-23)9-8-10-26(25)27(36)34-7/h8-16H,17-19H2,1-7H3,(H,34,36). The van der Waals surface area contributed by atoms with Crippen LogP contribution >= 0.6 is 30.8 Å². The lowest BCUT2D eigenvalue weighted by molar-refractivity contribution is -0.162. The van der Waals surface area contributed by atoms with Crippen LogP contribution in [-0.2, 0) is 42.7 Å². The number of benzene rings is 3. The van der Waals surface area contributed by atoms with Gasteiger partial charge in [0.15, 0.2) is 0 Å². The molecule has 0 radical (unpaired) electrons. The normalized spacial score (nSPS) is 12.4. The topological polar surface area (TPSA) is 155 Å². The van der Waals surface area contributed by atoms with Crippen molar-refractivity contribution in [3.63, 3.8) is 0 Å². The van der Waals surface area contributed by atoms with E-state index in [1.165, 1.54) is 31.3 Å². The van der Waals surface area contributed by atoms with Crippen molar-refractivity contribution in [1.82, 2.24) is 5.32 Å². The summed E-state index contributed by atoms with van der Waals surface area (Å²) < 4.78 is 64.6. The number of fused-ring (bicyclic) bond motifs is 1. The Hall–Kier alpha value is -3.19. The molecular weight excluding hydrogens is 694 g/mol. The van der Waals surface area contributed by atoms with Crippen molar-refractivity contribution in [1.29, 1.82) is 0 Å². The summed E-state index contributed by atoms with van der Waals surface area (Å²) in [4.78, 5) is 36.9. The second-order valence-electron chi connectivity index (χ2n) is 12.4. The molecule has 0 aliphatic heterocycles. The van der Waals surface area contributed by atoms with Gasteiger partial charge in [-0.1, -0.05) is 41.4 Å². The lowest BCUT2D eigenvalue weighted by Gasteiger charge is -2.29. The fourth-order valence-electron chi connectivity index (χ4n) is 3.89. The predicted octanol–water partition coefficient (Wildman–Crippen LogP) is 6.98. The van der Waals surface area contributed by atoms with E-state index in [0.717, 1.165) is 16.4 Å². The van der Waals surface area contributed by atoms with Crippen LogP contribution in [0.25, 0.3) is 10.8 Å². The predicted molar refractivity (Wildman–Crippen MR) is 179 cm³/mol. The number of nitrogens with one attached hydrogen (secondary N) is 1. The first kappa shape index (κ1) is 38.3. The Balaban J connectivity index is 2.14. The van der Waals surface area contributed by atoms with E-state index in [-0.39, 0.29) is 26.5 Å². The number of rotatable bonds is 12. The first-order valence-electron chi connectivity index (χ1n) is 14.1. The molecule has 0 atom stereocenters. The summed E-state index contributed by atoms with van der Waals surface area (Å²) in [7, 11) is -7.77. The number of amides is 1. The number of anilines is 1. The summed E-state index contributed by atoms with van der Waals surface area (Å²) in [6, 6.07) is 13.0. The van der Waals surface area contributed by atoms with Gasteiger partial charge in [0.1, 0.15) is 6.29 Å². The van der Waals surface area contributed by atoms with Crippen molar-refractivity contribution in [2.75, 3.05) is 31.2 Å². The highest BCUT2D eigenvalue weighted by molar-refractivity contribution is 7.93. The molecule has 3 aromatic carbocycles. The van der Waals surface area contributed by atoms with Gasteiger partial charge >= 0.3 is 19.5 Å². The van der Waals surface area contributed by atoms with Gasteiger partial charge in [0.05, 0.1) is 21.4 Å². The molecule has 0 spiro atoms. The minimum absolute atomic E-state index is 0.00606. The van der Waals surface area contributed by atoms with Crippen molar-refractivity contribution in [3.8, 4) is 0 Å². The van der Waals surface area contributed by atoms with E-state index in [9.17, 15) is 27.4 Å². The summed E-state index contributed by atoms with van der Waals surface area (Å²) >= 11 is 12.3. The van der Waals surface area contributed by atoms with Gasteiger partial charge in [-0.3, -0.25) is 32.3 Å². The fraction of sp³-hybridized carbons (Fsp3) is 0.387. The minimum Gasteiger partial charge on any atom is -0.438 e. The summed E-state index contributed by atoms with van der Waals surface area (Å²) in [5, 5.41) is 3.58. The number of esters is 2. The zero-order valence-corrected chi connectivity index (χ0v) is 30.2. The maximum Gasteiger partial charge on any atom is 0.356 e. The van der Waals surface area contributed by atoms with E-state index in [1.54, 1.807) is 59.7 Å². The Bertz CT molecular complexity index is 1760. The number of hydrogen-bond donors (Lipinski definition) is 1. The molecular formula is C31H37Cl2N2O10PS. The molecule has 0 fully saturated rings. The van der Waals surface area contributed by atoms with E-state index in [0.29, 0.717) is 16.3 Å². The lowest BCUT2D eigenvalue weighted by atomic mass is 9.98. The van der Waals surface area contributed by atoms with Crippen LogP contribution in [0.4, 0.5) is 5.69 Å². The van der Waals surface area contributed by atoms with Gasteiger partial charge in [0, 0.05) is 22.7 Å². The number of hydrogen-bond acceptors (Lipinski definition) is 10. The average Bonchev–Trinajstić information content (AvgIpc) is 2.97. The van der Waals surface area contributed by atoms with Crippen LogP contribution < -0.4 is 9.62 Å². The minimum atomic E-state index is -4.63. The van der Waals surface area contributed by atoms with Crippen molar-refractivity contribution in [2.24, 2.45) is 10.8 Å². The van der Waals surface area contributed by atoms with Gasteiger partial charge in [-0.15, -0.1) is 0 Å². The third-order valence-corrected chi connectivity index (χ3v) is 10.5. The second-order valence-corrected chi connectivity index (χ2v) is 17.1. The fourth-order valence-corrected chi connectivity index (χ4v) is 7.92. The number of carbonyl (C=O) groups excluding carboxylic acids is 3. The van der Waals surface area contributed by atoms with Crippen LogP contribution in [0.15, 0.2) is 59.5 Å². The molecule has 3 rings (SSSR count). The Kier molecular flexibility index (Phi) is 12.1. The highest BCUT2D eigenvalue weighted by Gasteiger charge is 2.38. The van der Waals surface area contributed by atoms with Gasteiger partial charge < -0.3 is 14.8 Å². The lowest BCUT2D eigenvalue weighted by Crippen LogP contribution is -2.33. The molecule has 0 saturated heterocycles. The van der Waals surface area contributed by atoms with Gasteiger partial charge in [0.2, 0.25) is 13.6 Å². The molecule has 1 amide bonds. The number of carbonyl (C=O) groups is 3. The summed E-state index contributed by atoms with van der Waals surface area (Å²) in [5.74, 6) is -1.74. The molecule has 3 aromatic rings. The zero-order chi connectivity index (χ0) is 35.4. The molecule has 0 aromatic heterocycles. The molecule has 0 aliphatic rings. The van der Waals surface area contributed by atoms with E-state index in [4.69, 9.17) is 41.7 Å². The maximum absolute atomic E-state index is 14.3. The molecule has 0 bridgehead atoms. The van der Waals surface area contributed by atoms with Crippen LogP contribution in [0.1, 0.15) is 51.9 Å². The summed E-state index contributed by atoms with van der Waals surface area (Å²) in [6.07, 6.45) is -0.972. The summed E-state index contributed by atoms with van der Waals surface area (Å²) in [6.45, 7) is 7.83. The highest BCUT2D eigenvalue weighted by atomic mass is 35.5. The monoisotopic (exact) mass is 730 g/mol. The van der Waals surface area contributed by atoms with Gasteiger partial charge in [0.25, 0.3) is 15.9 Å². The van der Waals surface area contributed by atoms with Crippen LogP contribution in [-0.4, -0.2) is 53.2 Å². The van der Waals surface area contributed by atoms with Crippen molar-refractivity contribution in [2.45, 2.75) is 46.4 Å². The van der Waals surface area contributed by atoms with Gasteiger partial charge in [-0.05, 0) is 88.7 Å². The molecule has 0 aliphatic carbocycles. The quantitative estimate of drug-likeness (QED) is 0.117. The molecule has 16 heteroatoms. The zero-order valence-electron chi connectivity index (χ0n) is 27.0. The molecule has 1 N–H and O–H groups in total. The third kappa shape index (κ3) is 9.91. The first-order valence-corrected chi connectivity index (χ1v) is 18.1. The van der Waals surface area contributed by atoms with Crippen LogP contribution in [0, 0.1) is 10.8 Å². The van der Waals surface area contributed by atoms with Crippen LogP contribution in [0.5, 0.6) is 0 Å². The largest absolute Gasteiger partial charge is 0.438 e. The second kappa shape index (κ2) is 14.9. The Morgan fingerprint density at radius 2 is 1.36 bits per heavy atom. The van der Waals surface area contributed by atoms with E-state index in [2.05, 4.69) is 5.32 Å². The molecule has 0 heterocycles. The first-order chi connectivity index (χ1) is 21.7. The van der Waals surface area contributed by atoms with Gasteiger partial charge in [-0.2, -0.15) is 0 Å². The molecule has 47 heavy (non-hydrogen) atoms. The average molecular weight is 732 g/mol. The van der Waals surface area contributed by atoms with Crippen molar-refractivity contribution in [3.05, 3.63) is 70.2 Å². The molecule has 12 nitrogen and oxygen atoms in total. The number of ether oxygens (including phenoxy) is 2. The van der Waals surface area contributed by atoms with E-state index in [1.807, 2.05) is 0 Å². The third-order valence-electron chi connectivity index (χ3n) is 6.45. The SMILES string of the molecule is CNC(=O)c1cccc2cc(N(CP(=O)(OCOC(=O)C(C)(C)C)OCOC(=O)C(C)(C)C)S(=O)(=O)c3cc(Cl)cc(Cl)c3)ccc12. The smallest absolute Gasteiger partial charge is 0.356 e. The number of sulfonamides is 1. The molecule has 0 saturated carbocycles. The summed E-state index contributed by atoms with van der Waals surface area (Å²) in [5.41, 5.74) is -1.54. The van der Waals surface area contributed by atoms with Gasteiger partial charge in [-0.25, -0.2) is 8.42 Å². The highest BCUT2D eigenvalue weighted by Crippen LogP contribution is 2.51. The Morgan fingerprint density at radius 1 is 0.830 bits per heavy atom. The maximum atomic E-state index is 14.3. The van der Waals surface area contributed by atoms with E-state index >= 15 is 0 Å². The van der Waals surface area contributed by atoms with E-state index < -0.39 is 60.3 Å². The van der Waals surface area contributed by atoms with Crippen molar-refractivity contribution < 1.29 is 45.9 Å². The number of halogens is 2. The van der Waals surface area contributed by atoms with Crippen molar-refractivity contribution >= 4 is 75.1 Å². The number of nitrogens with zero attached hydrogens (tertiary/aromatic N) is 1. The Labute approximate surface area is 284 Å². The van der Waals surface area contributed by atoms with Crippen LogP contribution in [0.2, 0.25) is 10.0 Å².